The minimum atomic E-state index is -0.347. The van der Waals surface area contributed by atoms with Gasteiger partial charge in [0, 0.05) is 19.2 Å². The third-order valence-corrected chi connectivity index (χ3v) is 3.00. The Hall–Kier alpha value is -2.40. The zero-order chi connectivity index (χ0) is 14.5. The number of carbonyl (C=O) groups is 1. The van der Waals surface area contributed by atoms with E-state index in [1.54, 1.807) is 48.3 Å². The molecule has 0 saturated carbocycles. The number of rotatable bonds is 4. The molecule has 0 heterocycles. The fraction of sp³-hybridized carbons (Fsp3) is 0.133. The highest BCUT2D eigenvalue weighted by Gasteiger charge is 2.09. The number of para-hydroxylation sites is 1. The molecular weight excluding hydrogens is 257 g/mol. The summed E-state index contributed by atoms with van der Waals surface area (Å²) >= 11 is 0. The van der Waals surface area contributed by atoms with Crippen molar-refractivity contribution in [2.75, 3.05) is 11.9 Å². The minimum Gasteiger partial charge on any atom is -0.368 e. The molecule has 0 bridgehead atoms. The highest BCUT2D eigenvalue weighted by molar-refractivity contribution is 5.93. The van der Waals surface area contributed by atoms with Gasteiger partial charge >= 0.3 is 0 Å². The van der Waals surface area contributed by atoms with Crippen LogP contribution in [0.5, 0.6) is 0 Å². The monoisotopic (exact) mass is 273 g/mol. The van der Waals surface area contributed by atoms with Crippen LogP contribution in [0.25, 0.3) is 0 Å². The van der Waals surface area contributed by atoms with E-state index in [9.17, 15) is 9.18 Å². The molecule has 0 aliphatic rings. The lowest BCUT2D eigenvalue weighted by molar-refractivity contribution is 0.0953. The Balaban J connectivity index is 2.18. The Labute approximate surface area is 117 Å². The topological polar surface area (TPSA) is 58.4 Å². The first-order valence-corrected chi connectivity index (χ1v) is 6.17. The van der Waals surface area contributed by atoms with Crippen LogP contribution in [0.2, 0.25) is 0 Å². The van der Waals surface area contributed by atoms with Gasteiger partial charge in [0.2, 0.25) is 0 Å². The average Bonchev–Trinajstić information content (AvgIpc) is 2.47. The molecule has 0 atom stereocenters. The number of hydrogen-bond acceptors (Lipinski definition) is 3. The number of nitrogens with two attached hydrogens (primary N) is 1. The number of nitrogens with zero attached hydrogens (tertiary/aromatic N) is 1. The SMILES string of the molecule is CN(Cc1cccc(C(=O)NN)c1)c1ccccc1F. The summed E-state index contributed by atoms with van der Waals surface area (Å²) in [4.78, 5) is 13.3. The van der Waals surface area contributed by atoms with Crippen LogP contribution in [0, 0.1) is 5.82 Å². The smallest absolute Gasteiger partial charge is 0.265 e. The van der Waals surface area contributed by atoms with Crippen LogP contribution in [0.1, 0.15) is 15.9 Å². The summed E-state index contributed by atoms with van der Waals surface area (Å²) in [5.74, 6) is 4.49. The minimum absolute atomic E-state index is 0.272. The van der Waals surface area contributed by atoms with Gasteiger partial charge < -0.3 is 4.90 Å². The summed E-state index contributed by atoms with van der Waals surface area (Å²) in [5.41, 5.74) is 3.98. The van der Waals surface area contributed by atoms with Crippen LogP contribution < -0.4 is 16.2 Å². The summed E-state index contributed by atoms with van der Waals surface area (Å²) in [7, 11) is 1.80. The van der Waals surface area contributed by atoms with E-state index >= 15 is 0 Å². The first-order chi connectivity index (χ1) is 9.61. The molecule has 0 aliphatic heterocycles. The number of amides is 1. The van der Waals surface area contributed by atoms with Gasteiger partial charge in [-0.2, -0.15) is 0 Å². The van der Waals surface area contributed by atoms with E-state index in [4.69, 9.17) is 5.84 Å². The summed E-state index contributed by atoms with van der Waals surface area (Å²) in [6.07, 6.45) is 0. The highest BCUT2D eigenvalue weighted by Crippen LogP contribution is 2.19. The fourth-order valence-electron chi connectivity index (χ4n) is 2.01. The summed E-state index contributed by atoms with van der Waals surface area (Å²) in [6, 6.07) is 13.6. The molecule has 2 aromatic carbocycles. The largest absolute Gasteiger partial charge is 0.368 e. The number of anilines is 1. The number of hydrogen-bond donors (Lipinski definition) is 2. The van der Waals surface area contributed by atoms with E-state index in [0.717, 1.165) is 5.56 Å². The molecule has 0 fully saturated rings. The van der Waals surface area contributed by atoms with Crippen LogP contribution >= 0.6 is 0 Å². The fourth-order valence-corrected chi connectivity index (χ4v) is 2.01. The molecule has 4 nitrogen and oxygen atoms in total. The maximum absolute atomic E-state index is 13.7. The van der Waals surface area contributed by atoms with Crippen molar-refractivity contribution >= 4 is 11.6 Å². The first kappa shape index (κ1) is 14.0. The quantitative estimate of drug-likeness (QED) is 0.509. The molecule has 0 radical (unpaired) electrons. The average molecular weight is 273 g/mol. The van der Waals surface area contributed by atoms with Crippen molar-refractivity contribution in [3.63, 3.8) is 0 Å². The second kappa shape index (κ2) is 6.16. The lowest BCUT2D eigenvalue weighted by Gasteiger charge is -2.20. The molecule has 0 saturated heterocycles. The van der Waals surface area contributed by atoms with Gasteiger partial charge in [0.15, 0.2) is 0 Å². The van der Waals surface area contributed by atoms with E-state index in [2.05, 4.69) is 5.43 Å². The van der Waals surface area contributed by atoms with Crippen LogP contribution in [-0.2, 0) is 6.54 Å². The van der Waals surface area contributed by atoms with Crippen molar-refractivity contribution in [3.05, 3.63) is 65.5 Å². The summed E-state index contributed by atoms with van der Waals surface area (Å²) < 4.78 is 13.7. The Morgan fingerprint density at radius 1 is 1.25 bits per heavy atom. The number of hydrazine groups is 1. The molecule has 0 unspecified atom stereocenters. The van der Waals surface area contributed by atoms with Crippen molar-refractivity contribution < 1.29 is 9.18 Å². The molecule has 2 aromatic rings. The highest BCUT2D eigenvalue weighted by atomic mass is 19.1. The summed E-state index contributed by atoms with van der Waals surface area (Å²) in [5, 5.41) is 0. The third kappa shape index (κ3) is 3.13. The van der Waals surface area contributed by atoms with Crippen LogP contribution in [0.4, 0.5) is 10.1 Å². The molecule has 0 spiro atoms. The molecule has 20 heavy (non-hydrogen) atoms. The molecule has 5 heteroatoms. The van der Waals surface area contributed by atoms with Gasteiger partial charge in [0.05, 0.1) is 5.69 Å². The van der Waals surface area contributed by atoms with Gasteiger partial charge in [-0.25, -0.2) is 10.2 Å². The lowest BCUT2D eigenvalue weighted by Crippen LogP contribution is -2.30. The predicted molar refractivity (Wildman–Crippen MR) is 76.6 cm³/mol. The van der Waals surface area contributed by atoms with Gasteiger partial charge in [-0.1, -0.05) is 24.3 Å². The zero-order valence-electron chi connectivity index (χ0n) is 11.1. The van der Waals surface area contributed by atoms with Gasteiger partial charge in [0.1, 0.15) is 5.82 Å². The van der Waals surface area contributed by atoms with E-state index in [0.29, 0.717) is 17.8 Å². The number of benzene rings is 2. The molecule has 3 N–H and O–H groups in total. The Kier molecular flexibility index (Phi) is 4.32. The van der Waals surface area contributed by atoms with E-state index in [1.165, 1.54) is 6.07 Å². The normalized spacial score (nSPS) is 10.2. The van der Waals surface area contributed by atoms with E-state index < -0.39 is 0 Å². The number of halogens is 1. The van der Waals surface area contributed by atoms with Crippen molar-refractivity contribution in [2.45, 2.75) is 6.54 Å². The standard InChI is InChI=1S/C15H16FN3O/c1-19(14-8-3-2-7-13(14)16)10-11-5-4-6-12(9-11)15(20)18-17/h2-9H,10,17H2,1H3,(H,18,20). The van der Waals surface area contributed by atoms with Crippen molar-refractivity contribution in [3.8, 4) is 0 Å². The lowest BCUT2D eigenvalue weighted by atomic mass is 10.1. The van der Waals surface area contributed by atoms with Crippen LogP contribution in [-0.4, -0.2) is 13.0 Å². The maximum atomic E-state index is 13.7. The van der Waals surface area contributed by atoms with Crippen LogP contribution in [0.15, 0.2) is 48.5 Å². The number of carbonyl (C=O) groups excluding carboxylic acids is 1. The van der Waals surface area contributed by atoms with E-state index in [-0.39, 0.29) is 11.7 Å². The predicted octanol–water partition coefficient (Wildman–Crippen LogP) is 2.07. The Morgan fingerprint density at radius 3 is 2.70 bits per heavy atom. The van der Waals surface area contributed by atoms with Gasteiger partial charge in [-0.3, -0.25) is 10.2 Å². The van der Waals surface area contributed by atoms with Crippen LogP contribution in [0.3, 0.4) is 0 Å². The van der Waals surface area contributed by atoms with Gasteiger partial charge in [-0.05, 0) is 29.8 Å². The second-order valence-corrected chi connectivity index (χ2v) is 4.48. The first-order valence-electron chi connectivity index (χ1n) is 6.17. The Morgan fingerprint density at radius 2 is 2.00 bits per heavy atom. The number of nitrogen functional groups attached to an aromatic ring is 1. The van der Waals surface area contributed by atoms with Crippen molar-refractivity contribution in [1.29, 1.82) is 0 Å². The maximum Gasteiger partial charge on any atom is 0.265 e. The van der Waals surface area contributed by atoms with Crippen molar-refractivity contribution in [2.24, 2.45) is 5.84 Å². The van der Waals surface area contributed by atoms with Gasteiger partial charge in [0.25, 0.3) is 5.91 Å². The third-order valence-electron chi connectivity index (χ3n) is 3.00. The van der Waals surface area contributed by atoms with Crippen molar-refractivity contribution in [1.82, 2.24) is 5.43 Å². The molecule has 0 aliphatic carbocycles. The molecule has 0 aromatic heterocycles. The number of nitrogens with one attached hydrogen (secondary N) is 1. The molecule has 104 valence electrons. The zero-order valence-corrected chi connectivity index (χ0v) is 11.1. The second-order valence-electron chi connectivity index (χ2n) is 4.48. The molecule has 1 amide bonds. The molecular formula is C15H16FN3O. The van der Waals surface area contributed by atoms with E-state index in [1.807, 2.05) is 6.07 Å². The summed E-state index contributed by atoms with van der Waals surface area (Å²) in [6.45, 7) is 0.493. The van der Waals surface area contributed by atoms with Gasteiger partial charge in [-0.15, -0.1) is 0 Å². The Bertz CT molecular complexity index is 616. The molecule has 2 rings (SSSR count).